The fraction of sp³-hybridized carbons (Fsp3) is 0.667. The molecule has 1 aromatic carbocycles. The predicted molar refractivity (Wildman–Crippen MR) is 112 cm³/mol. The van der Waals surface area contributed by atoms with Crippen molar-refractivity contribution >= 4 is 5.96 Å². The first-order chi connectivity index (χ1) is 13.0. The van der Waals surface area contributed by atoms with E-state index in [-0.39, 0.29) is 0 Å². The standard InChI is InChI=1S/C21H36N4O2/c1-6-22-21(23-14-18-7-8-20(26-5)17(4)13-18)24-15-19(16(2)3)25-9-11-27-12-10-25/h7-8,13,16,19H,6,9-12,14-15H2,1-5H3,(H2,22,23,24). The molecule has 1 fully saturated rings. The van der Waals surface area contributed by atoms with Crippen molar-refractivity contribution < 1.29 is 9.47 Å². The van der Waals surface area contributed by atoms with Gasteiger partial charge in [-0.05, 0) is 37.0 Å². The Balaban J connectivity index is 1.98. The van der Waals surface area contributed by atoms with Crippen LogP contribution in [-0.4, -0.2) is 63.4 Å². The highest BCUT2D eigenvalue weighted by atomic mass is 16.5. The summed E-state index contributed by atoms with van der Waals surface area (Å²) in [6, 6.07) is 6.69. The maximum Gasteiger partial charge on any atom is 0.191 e. The summed E-state index contributed by atoms with van der Waals surface area (Å²) in [6.45, 7) is 14.8. The minimum Gasteiger partial charge on any atom is -0.496 e. The number of nitrogens with one attached hydrogen (secondary N) is 2. The lowest BCUT2D eigenvalue weighted by Gasteiger charge is -2.37. The molecule has 0 aliphatic carbocycles. The maximum atomic E-state index is 5.50. The van der Waals surface area contributed by atoms with Gasteiger partial charge in [0.15, 0.2) is 5.96 Å². The number of hydrogen-bond donors (Lipinski definition) is 2. The Bertz CT molecular complexity index is 598. The van der Waals surface area contributed by atoms with Crippen molar-refractivity contribution in [3.8, 4) is 5.75 Å². The van der Waals surface area contributed by atoms with Gasteiger partial charge in [-0.2, -0.15) is 0 Å². The number of ether oxygens (including phenoxy) is 2. The second kappa shape index (κ2) is 11.1. The highest BCUT2D eigenvalue weighted by Crippen LogP contribution is 2.19. The first kappa shape index (κ1) is 21.5. The van der Waals surface area contributed by atoms with Crippen LogP contribution >= 0.6 is 0 Å². The van der Waals surface area contributed by atoms with Crippen LogP contribution in [0, 0.1) is 12.8 Å². The lowest BCUT2D eigenvalue weighted by molar-refractivity contribution is 0.00752. The molecule has 0 saturated carbocycles. The number of benzene rings is 1. The Morgan fingerprint density at radius 2 is 2.00 bits per heavy atom. The van der Waals surface area contributed by atoms with E-state index in [9.17, 15) is 0 Å². The summed E-state index contributed by atoms with van der Waals surface area (Å²) in [7, 11) is 1.70. The monoisotopic (exact) mass is 376 g/mol. The Morgan fingerprint density at radius 1 is 1.26 bits per heavy atom. The molecule has 152 valence electrons. The largest absolute Gasteiger partial charge is 0.496 e. The minimum atomic E-state index is 0.473. The van der Waals surface area contributed by atoms with E-state index in [0.717, 1.165) is 56.7 Å². The maximum absolute atomic E-state index is 5.50. The number of rotatable bonds is 8. The van der Waals surface area contributed by atoms with Crippen LogP contribution in [0.15, 0.2) is 23.2 Å². The van der Waals surface area contributed by atoms with Crippen LogP contribution in [-0.2, 0) is 11.3 Å². The summed E-state index contributed by atoms with van der Waals surface area (Å²) in [5, 5.41) is 6.90. The molecule has 1 heterocycles. The van der Waals surface area contributed by atoms with Crippen LogP contribution in [0.5, 0.6) is 5.75 Å². The van der Waals surface area contributed by atoms with E-state index in [2.05, 4.69) is 55.4 Å². The van der Waals surface area contributed by atoms with Gasteiger partial charge in [0.25, 0.3) is 0 Å². The van der Waals surface area contributed by atoms with Crippen LogP contribution < -0.4 is 15.4 Å². The Labute approximate surface area is 164 Å². The van der Waals surface area contributed by atoms with E-state index >= 15 is 0 Å². The smallest absolute Gasteiger partial charge is 0.191 e. The van der Waals surface area contributed by atoms with Gasteiger partial charge in [-0.15, -0.1) is 0 Å². The molecule has 0 bridgehead atoms. The molecule has 2 rings (SSSR count). The fourth-order valence-electron chi connectivity index (χ4n) is 3.45. The molecule has 0 aromatic heterocycles. The molecular formula is C21H36N4O2. The van der Waals surface area contributed by atoms with Crippen molar-refractivity contribution in [2.24, 2.45) is 10.9 Å². The topological polar surface area (TPSA) is 58.1 Å². The zero-order valence-electron chi connectivity index (χ0n) is 17.5. The van der Waals surface area contributed by atoms with Crippen molar-refractivity contribution in [2.45, 2.75) is 40.3 Å². The fourth-order valence-corrected chi connectivity index (χ4v) is 3.45. The van der Waals surface area contributed by atoms with Crippen molar-refractivity contribution in [3.63, 3.8) is 0 Å². The third kappa shape index (κ3) is 6.70. The second-order valence-corrected chi connectivity index (χ2v) is 7.34. The summed E-state index contributed by atoms with van der Waals surface area (Å²) in [5.41, 5.74) is 2.31. The van der Waals surface area contributed by atoms with Crippen LogP contribution in [0.25, 0.3) is 0 Å². The van der Waals surface area contributed by atoms with Gasteiger partial charge in [0.2, 0.25) is 0 Å². The number of methoxy groups -OCH3 is 1. The third-order valence-electron chi connectivity index (χ3n) is 4.99. The van der Waals surface area contributed by atoms with Gasteiger partial charge in [0, 0.05) is 32.2 Å². The summed E-state index contributed by atoms with van der Waals surface area (Å²) < 4.78 is 10.8. The molecule has 6 nitrogen and oxygen atoms in total. The molecule has 0 radical (unpaired) electrons. The van der Waals surface area contributed by atoms with Gasteiger partial charge in [0.05, 0.1) is 26.9 Å². The predicted octanol–water partition coefficient (Wildman–Crippen LogP) is 2.42. The molecule has 27 heavy (non-hydrogen) atoms. The highest BCUT2D eigenvalue weighted by Gasteiger charge is 2.23. The van der Waals surface area contributed by atoms with Crippen molar-refractivity contribution in [1.29, 1.82) is 0 Å². The number of aryl methyl sites for hydroxylation is 1. The summed E-state index contributed by atoms with van der Waals surface area (Å²) in [6.07, 6.45) is 0. The highest BCUT2D eigenvalue weighted by molar-refractivity contribution is 5.79. The minimum absolute atomic E-state index is 0.473. The van der Waals surface area contributed by atoms with Gasteiger partial charge in [-0.1, -0.05) is 26.0 Å². The van der Waals surface area contributed by atoms with E-state index in [1.165, 1.54) is 5.56 Å². The van der Waals surface area contributed by atoms with E-state index in [1.807, 2.05) is 6.07 Å². The molecule has 1 saturated heterocycles. The second-order valence-electron chi connectivity index (χ2n) is 7.34. The quantitative estimate of drug-likeness (QED) is 0.539. The number of hydrogen-bond acceptors (Lipinski definition) is 4. The zero-order valence-corrected chi connectivity index (χ0v) is 17.5. The van der Waals surface area contributed by atoms with Crippen molar-refractivity contribution in [1.82, 2.24) is 15.5 Å². The first-order valence-electron chi connectivity index (χ1n) is 10.0. The van der Waals surface area contributed by atoms with Gasteiger partial charge in [0.1, 0.15) is 5.75 Å². The Hall–Kier alpha value is -1.79. The Kier molecular flexibility index (Phi) is 8.88. The molecule has 2 N–H and O–H groups in total. The zero-order chi connectivity index (χ0) is 19.6. The van der Waals surface area contributed by atoms with E-state index < -0.39 is 0 Å². The lowest BCUT2D eigenvalue weighted by atomic mass is 10.0. The van der Waals surface area contributed by atoms with Gasteiger partial charge >= 0.3 is 0 Å². The van der Waals surface area contributed by atoms with Gasteiger partial charge in [-0.25, -0.2) is 4.99 Å². The van der Waals surface area contributed by atoms with E-state index in [4.69, 9.17) is 14.5 Å². The van der Waals surface area contributed by atoms with Crippen LogP contribution in [0.2, 0.25) is 0 Å². The summed E-state index contributed by atoms with van der Waals surface area (Å²) >= 11 is 0. The first-order valence-corrected chi connectivity index (χ1v) is 10.0. The molecule has 1 atom stereocenters. The average molecular weight is 377 g/mol. The Morgan fingerprint density at radius 3 is 2.59 bits per heavy atom. The molecule has 0 amide bonds. The van der Waals surface area contributed by atoms with Crippen LogP contribution in [0.1, 0.15) is 31.9 Å². The number of nitrogens with zero attached hydrogens (tertiary/aromatic N) is 2. The molecule has 1 aromatic rings. The van der Waals surface area contributed by atoms with Crippen molar-refractivity contribution in [2.75, 3.05) is 46.5 Å². The van der Waals surface area contributed by atoms with Gasteiger partial charge < -0.3 is 20.1 Å². The third-order valence-corrected chi connectivity index (χ3v) is 4.99. The molecule has 0 spiro atoms. The van der Waals surface area contributed by atoms with Crippen LogP contribution in [0.3, 0.4) is 0 Å². The van der Waals surface area contributed by atoms with Gasteiger partial charge in [-0.3, -0.25) is 4.90 Å². The normalized spacial score (nSPS) is 17.0. The summed E-state index contributed by atoms with van der Waals surface area (Å²) in [4.78, 5) is 7.29. The number of aliphatic imine (C=N–C) groups is 1. The number of guanidine groups is 1. The molecule has 6 heteroatoms. The number of morpholine rings is 1. The van der Waals surface area contributed by atoms with E-state index in [0.29, 0.717) is 18.5 Å². The summed E-state index contributed by atoms with van der Waals surface area (Å²) in [5.74, 6) is 2.35. The molecule has 1 unspecified atom stereocenters. The molecular weight excluding hydrogens is 340 g/mol. The average Bonchev–Trinajstić information content (AvgIpc) is 2.67. The molecule has 1 aliphatic rings. The van der Waals surface area contributed by atoms with Crippen LogP contribution in [0.4, 0.5) is 0 Å². The molecule has 1 aliphatic heterocycles. The van der Waals surface area contributed by atoms with E-state index in [1.54, 1.807) is 7.11 Å². The van der Waals surface area contributed by atoms with Crippen molar-refractivity contribution in [3.05, 3.63) is 29.3 Å². The lowest BCUT2D eigenvalue weighted by Crippen LogP contribution is -2.52. The SMILES string of the molecule is CCNC(=NCc1ccc(OC)c(C)c1)NCC(C(C)C)N1CCOCC1.